The number of alkyl halides is 3. The third-order valence-corrected chi connectivity index (χ3v) is 4.51. The SMILES string of the molecule is O=C1CC(C(=O)N2CC(O)(C3CC3)C2)CN1CC(F)(F)F. The molecule has 0 aromatic carbocycles. The molecule has 5 nitrogen and oxygen atoms in total. The van der Waals surface area contributed by atoms with E-state index in [-0.39, 0.29) is 37.9 Å². The zero-order valence-corrected chi connectivity index (χ0v) is 11.4. The summed E-state index contributed by atoms with van der Waals surface area (Å²) in [7, 11) is 0. The number of hydrogen-bond donors (Lipinski definition) is 1. The zero-order chi connectivity index (χ0) is 15.4. The van der Waals surface area contributed by atoms with Gasteiger partial charge in [0.25, 0.3) is 0 Å². The van der Waals surface area contributed by atoms with Crippen molar-refractivity contribution in [1.29, 1.82) is 0 Å². The number of amides is 2. The van der Waals surface area contributed by atoms with Crippen molar-refractivity contribution in [1.82, 2.24) is 9.80 Å². The summed E-state index contributed by atoms with van der Waals surface area (Å²) in [5.74, 6) is -1.43. The standard InChI is InChI=1S/C13H17F3N2O3/c14-13(15,16)7-17-4-8(3-10(17)19)11(20)18-5-12(21,6-18)9-1-2-9/h8-9,21H,1-7H2. The Morgan fingerprint density at radius 1 is 1.33 bits per heavy atom. The number of rotatable bonds is 3. The molecule has 2 heterocycles. The quantitative estimate of drug-likeness (QED) is 0.820. The highest BCUT2D eigenvalue weighted by Gasteiger charge is 2.54. The average Bonchev–Trinajstić information content (AvgIpc) is 3.10. The Bertz CT molecular complexity index is 470. The maximum atomic E-state index is 12.3. The molecule has 2 aliphatic heterocycles. The molecule has 118 valence electrons. The van der Waals surface area contributed by atoms with Crippen molar-refractivity contribution < 1.29 is 27.9 Å². The molecule has 1 saturated carbocycles. The van der Waals surface area contributed by atoms with Crippen molar-refractivity contribution in [2.45, 2.75) is 31.0 Å². The minimum atomic E-state index is -4.45. The van der Waals surface area contributed by atoms with Crippen LogP contribution in [0.2, 0.25) is 0 Å². The third kappa shape index (κ3) is 2.86. The highest BCUT2D eigenvalue weighted by molar-refractivity contribution is 5.89. The first-order valence-electron chi connectivity index (χ1n) is 7.04. The van der Waals surface area contributed by atoms with Gasteiger partial charge in [-0.15, -0.1) is 0 Å². The Hall–Kier alpha value is -1.31. The number of β-amino-alcohol motifs (C(OH)–C–C–N with tert-alkyl or cyclic N) is 1. The molecule has 8 heteroatoms. The molecule has 3 fully saturated rings. The number of nitrogens with zero attached hydrogens (tertiary/aromatic N) is 2. The second-order valence-corrected chi connectivity index (χ2v) is 6.36. The van der Waals surface area contributed by atoms with E-state index in [4.69, 9.17) is 0 Å². The molecular weight excluding hydrogens is 289 g/mol. The van der Waals surface area contributed by atoms with Crippen molar-refractivity contribution in [3.05, 3.63) is 0 Å². The topological polar surface area (TPSA) is 60.9 Å². The van der Waals surface area contributed by atoms with Gasteiger partial charge in [0.05, 0.1) is 19.0 Å². The molecule has 1 aliphatic carbocycles. The number of carbonyl (C=O) groups is 2. The second kappa shape index (κ2) is 4.59. The van der Waals surface area contributed by atoms with Crippen LogP contribution in [0.5, 0.6) is 0 Å². The lowest BCUT2D eigenvalue weighted by atomic mass is 9.87. The maximum Gasteiger partial charge on any atom is 0.406 e. The van der Waals surface area contributed by atoms with Gasteiger partial charge in [0.15, 0.2) is 0 Å². The molecule has 2 saturated heterocycles. The predicted octanol–water partition coefficient (Wildman–Crippen LogP) is 0.380. The summed E-state index contributed by atoms with van der Waals surface area (Å²) in [6, 6.07) is 0. The summed E-state index contributed by atoms with van der Waals surface area (Å²) in [4.78, 5) is 25.9. The highest BCUT2D eigenvalue weighted by atomic mass is 19.4. The van der Waals surface area contributed by atoms with Crippen LogP contribution in [0.1, 0.15) is 19.3 Å². The largest absolute Gasteiger partial charge is 0.406 e. The van der Waals surface area contributed by atoms with Gasteiger partial charge < -0.3 is 14.9 Å². The van der Waals surface area contributed by atoms with Gasteiger partial charge in [0, 0.05) is 13.0 Å². The normalized spacial score (nSPS) is 28.8. The van der Waals surface area contributed by atoms with E-state index in [1.54, 1.807) is 0 Å². The van der Waals surface area contributed by atoms with E-state index in [9.17, 15) is 27.9 Å². The molecule has 0 aromatic heterocycles. The third-order valence-electron chi connectivity index (χ3n) is 4.51. The number of hydrogen-bond acceptors (Lipinski definition) is 3. The minimum absolute atomic E-state index is 0.173. The first kappa shape index (κ1) is 14.6. The van der Waals surface area contributed by atoms with Gasteiger partial charge in [-0.3, -0.25) is 9.59 Å². The summed E-state index contributed by atoms with van der Waals surface area (Å²) in [6.45, 7) is -1.02. The van der Waals surface area contributed by atoms with Crippen molar-refractivity contribution in [3.8, 4) is 0 Å². The summed E-state index contributed by atoms with van der Waals surface area (Å²) in [5, 5.41) is 10.1. The molecular formula is C13H17F3N2O3. The zero-order valence-electron chi connectivity index (χ0n) is 11.4. The molecule has 0 radical (unpaired) electrons. The van der Waals surface area contributed by atoms with Gasteiger partial charge in [0.2, 0.25) is 11.8 Å². The van der Waals surface area contributed by atoms with Crippen LogP contribution < -0.4 is 0 Å². The number of aliphatic hydroxyl groups is 1. The van der Waals surface area contributed by atoms with Crippen LogP contribution in [0.25, 0.3) is 0 Å². The van der Waals surface area contributed by atoms with Gasteiger partial charge in [-0.05, 0) is 18.8 Å². The van der Waals surface area contributed by atoms with E-state index in [0.29, 0.717) is 4.90 Å². The van der Waals surface area contributed by atoms with E-state index in [2.05, 4.69) is 0 Å². The van der Waals surface area contributed by atoms with Crippen LogP contribution in [0.15, 0.2) is 0 Å². The van der Waals surface area contributed by atoms with Crippen LogP contribution in [0.4, 0.5) is 13.2 Å². The number of likely N-dealkylation sites (tertiary alicyclic amines) is 2. The Balaban J connectivity index is 1.54. The van der Waals surface area contributed by atoms with E-state index < -0.39 is 30.1 Å². The second-order valence-electron chi connectivity index (χ2n) is 6.36. The molecule has 21 heavy (non-hydrogen) atoms. The molecule has 3 rings (SSSR count). The summed E-state index contributed by atoms with van der Waals surface area (Å²) >= 11 is 0. The van der Waals surface area contributed by atoms with Gasteiger partial charge in [-0.1, -0.05) is 0 Å². The molecule has 0 spiro atoms. The predicted molar refractivity (Wildman–Crippen MR) is 65.0 cm³/mol. The highest BCUT2D eigenvalue weighted by Crippen LogP contribution is 2.45. The fraction of sp³-hybridized carbons (Fsp3) is 0.846. The summed E-state index contributed by atoms with van der Waals surface area (Å²) in [5.41, 5.74) is -0.816. The Labute approximate surface area is 119 Å². The molecule has 3 aliphatic rings. The van der Waals surface area contributed by atoms with Gasteiger partial charge >= 0.3 is 6.18 Å². The fourth-order valence-corrected chi connectivity index (χ4v) is 3.21. The van der Waals surface area contributed by atoms with E-state index in [1.807, 2.05) is 0 Å². The molecule has 1 N–H and O–H groups in total. The van der Waals surface area contributed by atoms with Crippen molar-refractivity contribution in [2.75, 3.05) is 26.2 Å². The first-order valence-corrected chi connectivity index (χ1v) is 7.04. The molecule has 0 bridgehead atoms. The van der Waals surface area contributed by atoms with Crippen LogP contribution in [-0.4, -0.2) is 64.7 Å². The van der Waals surface area contributed by atoms with Crippen LogP contribution >= 0.6 is 0 Å². The average molecular weight is 306 g/mol. The Morgan fingerprint density at radius 2 is 1.95 bits per heavy atom. The van der Waals surface area contributed by atoms with Crippen molar-refractivity contribution in [2.24, 2.45) is 11.8 Å². The number of carbonyl (C=O) groups excluding carboxylic acids is 2. The van der Waals surface area contributed by atoms with E-state index in [1.165, 1.54) is 4.90 Å². The smallest absolute Gasteiger partial charge is 0.386 e. The Morgan fingerprint density at radius 3 is 2.48 bits per heavy atom. The molecule has 1 atom stereocenters. The van der Waals surface area contributed by atoms with Crippen molar-refractivity contribution >= 4 is 11.8 Å². The van der Waals surface area contributed by atoms with E-state index >= 15 is 0 Å². The molecule has 2 amide bonds. The van der Waals surface area contributed by atoms with Gasteiger partial charge in [0.1, 0.15) is 12.1 Å². The minimum Gasteiger partial charge on any atom is -0.386 e. The maximum absolute atomic E-state index is 12.3. The van der Waals surface area contributed by atoms with Crippen LogP contribution in [-0.2, 0) is 9.59 Å². The van der Waals surface area contributed by atoms with Gasteiger partial charge in [-0.25, -0.2) is 0 Å². The molecule has 0 aromatic rings. The van der Waals surface area contributed by atoms with Crippen LogP contribution in [0.3, 0.4) is 0 Å². The lowest BCUT2D eigenvalue weighted by Crippen LogP contribution is -2.65. The number of halogens is 3. The monoisotopic (exact) mass is 306 g/mol. The fourth-order valence-electron chi connectivity index (χ4n) is 3.21. The van der Waals surface area contributed by atoms with Gasteiger partial charge in [-0.2, -0.15) is 13.2 Å². The van der Waals surface area contributed by atoms with Crippen LogP contribution in [0, 0.1) is 11.8 Å². The summed E-state index contributed by atoms with van der Waals surface area (Å²) < 4.78 is 37.0. The van der Waals surface area contributed by atoms with Crippen molar-refractivity contribution in [3.63, 3.8) is 0 Å². The van der Waals surface area contributed by atoms with E-state index in [0.717, 1.165) is 12.8 Å². The Kier molecular flexibility index (Phi) is 3.20. The summed E-state index contributed by atoms with van der Waals surface area (Å²) in [6.07, 6.45) is -2.70. The molecule has 1 unspecified atom stereocenters. The lowest BCUT2D eigenvalue weighted by molar-refractivity contribution is -0.164. The lowest BCUT2D eigenvalue weighted by Gasteiger charge is -2.47. The first-order chi connectivity index (χ1) is 9.68.